The van der Waals surface area contributed by atoms with E-state index in [-0.39, 0.29) is 5.91 Å². The average Bonchev–Trinajstić information content (AvgIpc) is 3.08. The predicted octanol–water partition coefficient (Wildman–Crippen LogP) is 4.60. The van der Waals surface area contributed by atoms with E-state index in [0.29, 0.717) is 11.3 Å². The largest absolute Gasteiger partial charge is 0.321 e. The van der Waals surface area contributed by atoms with Gasteiger partial charge in [0.25, 0.3) is 5.91 Å². The van der Waals surface area contributed by atoms with Gasteiger partial charge in [0, 0.05) is 12.4 Å². The number of hydrogen-bond donors (Lipinski definition) is 1. The van der Waals surface area contributed by atoms with E-state index in [1.54, 1.807) is 12.4 Å². The van der Waals surface area contributed by atoms with E-state index in [1.807, 2.05) is 61.9 Å². The molecule has 0 radical (unpaired) electrons. The van der Waals surface area contributed by atoms with Crippen LogP contribution in [-0.4, -0.2) is 20.4 Å². The van der Waals surface area contributed by atoms with Crippen LogP contribution in [-0.2, 0) is 0 Å². The number of amides is 1. The van der Waals surface area contributed by atoms with Crippen molar-refractivity contribution in [1.82, 2.24) is 14.5 Å². The summed E-state index contributed by atoms with van der Waals surface area (Å²) in [5, 5.41) is 4.99. The topological polar surface area (TPSA) is 59.8 Å². The molecule has 0 unspecified atom stereocenters. The molecule has 2 heterocycles. The number of hydrogen-bond acceptors (Lipinski definition) is 3. The van der Waals surface area contributed by atoms with Crippen LogP contribution in [0.1, 0.15) is 27.3 Å². The van der Waals surface area contributed by atoms with Gasteiger partial charge >= 0.3 is 0 Å². The first-order valence-corrected chi connectivity index (χ1v) is 8.80. The van der Waals surface area contributed by atoms with Crippen LogP contribution in [0.3, 0.4) is 0 Å². The van der Waals surface area contributed by atoms with E-state index < -0.39 is 0 Å². The van der Waals surface area contributed by atoms with E-state index in [1.165, 1.54) is 5.56 Å². The van der Waals surface area contributed by atoms with Gasteiger partial charge in [-0.15, -0.1) is 0 Å². The summed E-state index contributed by atoms with van der Waals surface area (Å²) in [5.41, 5.74) is 3.47. The average molecular weight is 356 g/mol. The number of nitrogens with one attached hydrogen (secondary N) is 1. The maximum atomic E-state index is 12.9. The second kappa shape index (κ2) is 6.68. The third-order valence-corrected chi connectivity index (χ3v) is 4.69. The second-order valence-electron chi connectivity index (χ2n) is 6.69. The van der Waals surface area contributed by atoms with Crippen LogP contribution in [0.5, 0.6) is 0 Å². The summed E-state index contributed by atoms with van der Waals surface area (Å²) >= 11 is 0. The van der Waals surface area contributed by atoms with Crippen molar-refractivity contribution in [3.05, 3.63) is 83.6 Å². The van der Waals surface area contributed by atoms with Crippen LogP contribution < -0.4 is 5.32 Å². The summed E-state index contributed by atoms with van der Waals surface area (Å²) < 4.78 is 1.89. The van der Waals surface area contributed by atoms with E-state index in [4.69, 9.17) is 0 Å². The zero-order valence-corrected chi connectivity index (χ0v) is 15.5. The smallest absolute Gasteiger partial charge is 0.256 e. The third kappa shape index (κ3) is 3.19. The Morgan fingerprint density at radius 3 is 2.56 bits per heavy atom. The molecule has 134 valence electrons. The van der Waals surface area contributed by atoms with E-state index in [0.717, 1.165) is 28.0 Å². The third-order valence-electron chi connectivity index (χ3n) is 4.69. The van der Waals surface area contributed by atoms with Crippen molar-refractivity contribution in [2.75, 3.05) is 5.32 Å². The minimum Gasteiger partial charge on any atom is -0.321 e. The Morgan fingerprint density at radius 2 is 1.85 bits per heavy atom. The fourth-order valence-electron chi connectivity index (χ4n) is 3.28. The highest BCUT2D eigenvalue weighted by Gasteiger charge is 2.14. The maximum Gasteiger partial charge on any atom is 0.256 e. The monoisotopic (exact) mass is 356 g/mol. The summed E-state index contributed by atoms with van der Waals surface area (Å²) in [6, 6.07) is 13.9. The SMILES string of the molecule is Cc1ccc2c(C(=O)Nc3ccc(-n4ccnc4C)nc3)c(C)ccc2c1. The Labute approximate surface area is 157 Å². The molecule has 1 N–H and O–H groups in total. The molecule has 4 aromatic rings. The Bertz CT molecular complexity index is 1140. The number of nitrogens with zero attached hydrogens (tertiary/aromatic N) is 3. The van der Waals surface area contributed by atoms with Crippen LogP contribution in [0.15, 0.2) is 61.1 Å². The van der Waals surface area contributed by atoms with Crippen LogP contribution in [0.25, 0.3) is 16.6 Å². The summed E-state index contributed by atoms with van der Waals surface area (Å²) in [5.74, 6) is 1.50. The Kier molecular flexibility index (Phi) is 4.20. The van der Waals surface area contributed by atoms with Crippen molar-refractivity contribution in [2.45, 2.75) is 20.8 Å². The summed E-state index contributed by atoms with van der Waals surface area (Å²) in [6.45, 7) is 5.92. The quantitative estimate of drug-likeness (QED) is 0.584. The highest BCUT2D eigenvalue weighted by atomic mass is 16.1. The molecule has 2 aromatic heterocycles. The first-order chi connectivity index (χ1) is 13.0. The highest BCUT2D eigenvalue weighted by molar-refractivity contribution is 6.14. The van der Waals surface area contributed by atoms with Gasteiger partial charge in [-0.05, 0) is 49.2 Å². The lowest BCUT2D eigenvalue weighted by atomic mass is 9.97. The number of aromatic nitrogens is 3. The van der Waals surface area contributed by atoms with Gasteiger partial charge in [-0.2, -0.15) is 0 Å². The molecule has 0 aliphatic heterocycles. The second-order valence-corrected chi connectivity index (χ2v) is 6.69. The van der Waals surface area contributed by atoms with E-state index in [2.05, 4.69) is 27.4 Å². The molecule has 5 nitrogen and oxygen atoms in total. The Hall–Kier alpha value is -3.47. The molecule has 4 rings (SSSR count). The molecular formula is C22H20N4O. The number of aryl methyl sites for hydroxylation is 3. The molecule has 0 bridgehead atoms. The molecule has 2 aromatic carbocycles. The van der Waals surface area contributed by atoms with Crippen molar-refractivity contribution < 1.29 is 4.79 Å². The first-order valence-electron chi connectivity index (χ1n) is 8.80. The number of carbonyl (C=O) groups is 1. The number of anilines is 1. The van der Waals surface area contributed by atoms with Crippen molar-refractivity contribution in [3.8, 4) is 5.82 Å². The molecule has 0 saturated heterocycles. The van der Waals surface area contributed by atoms with Gasteiger partial charge in [-0.25, -0.2) is 9.97 Å². The summed E-state index contributed by atoms with van der Waals surface area (Å²) in [6.07, 6.45) is 5.26. The molecule has 1 amide bonds. The van der Waals surface area contributed by atoms with E-state index >= 15 is 0 Å². The van der Waals surface area contributed by atoms with Crippen molar-refractivity contribution in [2.24, 2.45) is 0 Å². The van der Waals surface area contributed by atoms with Crippen LogP contribution in [0.4, 0.5) is 5.69 Å². The number of imidazole rings is 1. The zero-order chi connectivity index (χ0) is 19.0. The maximum absolute atomic E-state index is 12.9. The molecule has 5 heteroatoms. The highest BCUT2D eigenvalue weighted by Crippen LogP contribution is 2.24. The molecule has 0 aliphatic rings. The van der Waals surface area contributed by atoms with Crippen molar-refractivity contribution >= 4 is 22.4 Å². The number of pyridine rings is 1. The van der Waals surface area contributed by atoms with Crippen molar-refractivity contribution in [3.63, 3.8) is 0 Å². The summed E-state index contributed by atoms with van der Waals surface area (Å²) in [7, 11) is 0. The van der Waals surface area contributed by atoms with Gasteiger partial charge in [0.05, 0.1) is 17.4 Å². The van der Waals surface area contributed by atoms with Gasteiger partial charge < -0.3 is 5.32 Å². The lowest BCUT2D eigenvalue weighted by Crippen LogP contribution is -2.14. The number of benzene rings is 2. The van der Waals surface area contributed by atoms with Crippen molar-refractivity contribution in [1.29, 1.82) is 0 Å². The predicted molar refractivity (Wildman–Crippen MR) is 107 cm³/mol. The number of fused-ring (bicyclic) bond motifs is 1. The van der Waals surface area contributed by atoms with Gasteiger partial charge in [-0.1, -0.05) is 35.9 Å². The molecule has 0 atom stereocenters. The van der Waals surface area contributed by atoms with Gasteiger partial charge in [0.1, 0.15) is 11.6 Å². The standard InChI is InChI=1S/C22H20N4O/c1-14-4-8-19-17(12-14)6-5-15(2)21(19)22(27)25-18-7-9-20(24-13-18)26-11-10-23-16(26)3/h4-13H,1-3H3,(H,25,27). The minimum atomic E-state index is -0.129. The minimum absolute atomic E-state index is 0.129. The fourth-order valence-corrected chi connectivity index (χ4v) is 3.28. The van der Waals surface area contributed by atoms with Gasteiger partial charge in [0.15, 0.2) is 0 Å². The summed E-state index contributed by atoms with van der Waals surface area (Å²) in [4.78, 5) is 21.6. The van der Waals surface area contributed by atoms with Gasteiger partial charge in [-0.3, -0.25) is 9.36 Å². The molecule has 0 fully saturated rings. The Balaban J connectivity index is 1.64. The fraction of sp³-hybridized carbons (Fsp3) is 0.136. The lowest BCUT2D eigenvalue weighted by Gasteiger charge is -2.12. The van der Waals surface area contributed by atoms with Crippen LogP contribution in [0.2, 0.25) is 0 Å². The Morgan fingerprint density at radius 1 is 1.00 bits per heavy atom. The number of carbonyl (C=O) groups excluding carboxylic acids is 1. The van der Waals surface area contributed by atoms with E-state index in [9.17, 15) is 4.79 Å². The first kappa shape index (κ1) is 17.0. The molecule has 0 aliphatic carbocycles. The normalized spacial score (nSPS) is 10.9. The van der Waals surface area contributed by atoms with Crippen LogP contribution in [0, 0.1) is 20.8 Å². The molecule has 0 saturated carbocycles. The van der Waals surface area contributed by atoms with Gasteiger partial charge in [0.2, 0.25) is 0 Å². The van der Waals surface area contributed by atoms with Crippen LogP contribution >= 0.6 is 0 Å². The lowest BCUT2D eigenvalue weighted by molar-refractivity contribution is 0.102. The number of rotatable bonds is 3. The zero-order valence-electron chi connectivity index (χ0n) is 15.5. The molecule has 27 heavy (non-hydrogen) atoms. The molecule has 0 spiro atoms. The molecular weight excluding hydrogens is 336 g/mol.